The summed E-state index contributed by atoms with van der Waals surface area (Å²) >= 11 is 5.95. The first-order valence-corrected chi connectivity index (χ1v) is 5.73. The third-order valence-electron chi connectivity index (χ3n) is 2.98. The molecule has 0 radical (unpaired) electrons. The zero-order chi connectivity index (χ0) is 11.5. The largest absolute Gasteiger partial charge is 0.378 e. The maximum atomic E-state index is 10.8. The van der Waals surface area contributed by atoms with Crippen LogP contribution in [0.25, 0.3) is 0 Å². The Morgan fingerprint density at radius 2 is 2.25 bits per heavy atom. The molecule has 1 saturated carbocycles. The second-order valence-electron chi connectivity index (χ2n) is 4.07. The molecule has 0 spiro atoms. The van der Waals surface area contributed by atoms with Crippen LogP contribution in [-0.4, -0.2) is 11.5 Å². The maximum absolute atomic E-state index is 10.8. The highest BCUT2D eigenvalue weighted by molar-refractivity contribution is 6.33. The summed E-state index contributed by atoms with van der Waals surface area (Å²) in [6.07, 6.45) is 3.66. The Bertz CT molecular complexity index is 405. The number of halogens is 1. The fourth-order valence-electron chi connectivity index (χ4n) is 1.78. The van der Waals surface area contributed by atoms with Gasteiger partial charge in [-0.05, 0) is 24.8 Å². The van der Waals surface area contributed by atoms with Crippen LogP contribution in [-0.2, 0) is 0 Å². The second kappa shape index (κ2) is 4.70. The molecule has 1 aromatic rings. The van der Waals surface area contributed by atoms with Crippen molar-refractivity contribution in [2.45, 2.75) is 19.3 Å². The molecular formula is C11H13ClN2O2. The van der Waals surface area contributed by atoms with Gasteiger partial charge in [0, 0.05) is 12.6 Å². The molecule has 0 saturated heterocycles. The van der Waals surface area contributed by atoms with Gasteiger partial charge < -0.3 is 5.32 Å². The molecule has 5 heteroatoms. The number of anilines is 1. The van der Waals surface area contributed by atoms with E-state index in [1.54, 1.807) is 12.1 Å². The van der Waals surface area contributed by atoms with Crippen LogP contribution < -0.4 is 5.32 Å². The third-order valence-corrected chi connectivity index (χ3v) is 3.30. The smallest absolute Gasteiger partial charge is 0.293 e. The summed E-state index contributed by atoms with van der Waals surface area (Å²) in [7, 11) is 0. The van der Waals surface area contributed by atoms with E-state index in [4.69, 9.17) is 11.6 Å². The first-order valence-electron chi connectivity index (χ1n) is 5.35. The molecule has 2 rings (SSSR count). The average Bonchev–Trinajstić information content (AvgIpc) is 2.17. The minimum Gasteiger partial charge on any atom is -0.378 e. The molecule has 0 unspecified atom stereocenters. The van der Waals surface area contributed by atoms with Crippen molar-refractivity contribution < 1.29 is 4.92 Å². The van der Waals surface area contributed by atoms with Crippen LogP contribution >= 0.6 is 11.6 Å². The van der Waals surface area contributed by atoms with Gasteiger partial charge in [-0.25, -0.2) is 0 Å². The van der Waals surface area contributed by atoms with Gasteiger partial charge in [-0.15, -0.1) is 0 Å². The standard InChI is InChI=1S/C11H13ClN2O2/c12-9-5-2-6-10(14(15)16)11(9)13-7-8-3-1-4-8/h2,5-6,8,13H,1,3-4,7H2. The lowest BCUT2D eigenvalue weighted by atomic mass is 9.85. The van der Waals surface area contributed by atoms with Gasteiger partial charge in [-0.3, -0.25) is 10.1 Å². The SMILES string of the molecule is O=[N+]([O-])c1cccc(Cl)c1NCC1CCC1. The van der Waals surface area contributed by atoms with Crippen LogP contribution in [0.1, 0.15) is 19.3 Å². The molecule has 1 aliphatic rings. The van der Waals surface area contributed by atoms with Crippen molar-refractivity contribution in [3.63, 3.8) is 0 Å². The molecule has 86 valence electrons. The summed E-state index contributed by atoms with van der Waals surface area (Å²) in [5.74, 6) is 0.635. The lowest BCUT2D eigenvalue weighted by molar-refractivity contribution is -0.383. The van der Waals surface area contributed by atoms with E-state index in [2.05, 4.69) is 5.32 Å². The first-order chi connectivity index (χ1) is 7.68. The number of benzene rings is 1. The molecule has 1 aromatic carbocycles. The van der Waals surface area contributed by atoms with Crippen molar-refractivity contribution in [1.82, 2.24) is 0 Å². The molecule has 0 amide bonds. The number of nitrogens with zero attached hydrogens (tertiary/aromatic N) is 1. The molecule has 1 N–H and O–H groups in total. The van der Waals surface area contributed by atoms with Crippen molar-refractivity contribution in [1.29, 1.82) is 0 Å². The minimum absolute atomic E-state index is 0.0480. The van der Waals surface area contributed by atoms with Gasteiger partial charge in [-0.2, -0.15) is 0 Å². The van der Waals surface area contributed by atoms with Gasteiger partial charge in [0.15, 0.2) is 0 Å². The Morgan fingerprint density at radius 1 is 1.50 bits per heavy atom. The predicted octanol–water partition coefficient (Wildman–Crippen LogP) is 3.46. The molecule has 4 nitrogen and oxygen atoms in total. The van der Waals surface area contributed by atoms with Gasteiger partial charge >= 0.3 is 0 Å². The van der Waals surface area contributed by atoms with Crippen molar-refractivity contribution in [2.75, 3.05) is 11.9 Å². The maximum Gasteiger partial charge on any atom is 0.293 e. The predicted molar refractivity (Wildman–Crippen MR) is 63.9 cm³/mol. The number of nitro groups is 1. The monoisotopic (exact) mass is 240 g/mol. The molecule has 0 aliphatic heterocycles. The van der Waals surface area contributed by atoms with Crippen molar-refractivity contribution in [2.24, 2.45) is 5.92 Å². The van der Waals surface area contributed by atoms with Crippen LogP contribution in [0.4, 0.5) is 11.4 Å². The van der Waals surface area contributed by atoms with Gasteiger partial charge in [0.2, 0.25) is 0 Å². The Balaban J connectivity index is 2.13. The van der Waals surface area contributed by atoms with Crippen LogP contribution in [0.15, 0.2) is 18.2 Å². The van der Waals surface area contributed by atoms with Crippen LogP contribution in [0.3, 0.4) is 0 Å². The van der Waals surface area contributed by atoms with Crippen molar-refractivity contribution >= 4 is 23.0 Å². The normalized spacial score (nSPS) is 15.6. The number of hydrogen-bond donors (Lipinski definition) is 1. The quantitative estimate of drug-likeness (QED) is 0.648. The average molecular weight is 241 g/mol. The topological polar surface area (TPSA) is 55.2 Å². The van der Waals surface area contributed by atoms with E-state index >= 15 is 0 Å². The van der Waals surface area contributed by atoms with E-state index in [0.29, 0.717) is 16.6 Å². The number of rotatable bonds is 4. The number of hydrogen-bond acceptors (Lipinski definition) is 3. The van der Waals surface area contributed by atoms with Crippen LogP contribution in [0.2, 0.25) is 5.02 Å². The lowest BCUT2D eigenvalue weighted by Gasteiger charge is -2.25. The second-order valence-corrected chi connectivity index (χ2v) is 4.48. The fourth-order valence-corrected chi connectivity index (χ4v) is 2.02. The molecule has 16 heavy (non-hydrogen) atoms. The number of nitro benzene ring substituents is 1. The molecule has 0 atom stereocenters. The van der Waals surface area contributed by atoms with E-state index in [0.717, 1.165) is 6.54 Å². The summed E-state index contributed by atoms with van der Waals surface area (Å²) in [5, 5.41) is 14.3. The molecule has 0 aromatic heterocycles. The Labute approximate surface area is 98.8 Å². The molecule has 0 heterocycles. The molecule has 1 fully saturated rings. The summed E-state index contributed by atoms with van der Waals surface area (Å²) < 4.78 is 0. The summed E-state index contributed by atoms with van der Waals surface area (Å²) in [6.45, 7) is 0.768. The van der Waals surface area contributed by atoms with Gasteiger partial charge in [0.25, 0.3) is 5.69 Å². The Hall–Kier alpha value is -1.29. The molecular weight excluding hydrogens is 228 g/mol. The fraction of sp³-hybridized carbons (Fsp3) is 0.455. The van der Waals surface area contributed by atoms with E-state index < -0.39 is 4.92 Å². The van der Waals surface area contributed by atoms with Crippen LogP contribution in [0, 0.1) is 16.0 Å². The summed E-state index contributed by atoms with van der Waals surface area (Å²) in [4.78, 5) is 10.4. The lowest BCUT2D eigenvalue weighted by Crippen LogP contribution is -2.21. The highest BCUT2D eigenvalue weighted by Crippen LogP contribution is 2.33. The minimum atomic E-state index is -0.408. The van der Waals surface area contributed by atoms with Gasteiger partial charge in [-0.1, -0.05) is 24.1 Å². The van der Waals surface area contributed by atoms with E-state index in [1.165, 1.54) is 25.3 Å². The molecule has 1 aliphatic carbocycles. The molecule has 0 bridgehead atoms. The van der Waals surface area contributed by atoms with Crippen molar-refractivity contribution in [3.8, 4) is 0 Å². The first kappa shape index (κ1) is 11.2. The zero-order valence-corrected chi connectivity index (χ0v) is 9.54. The summed E-state index contributed by atoms with van der Waals surface area (Å²) in [5.41, 5.74) is 0.493. The third kappa shape index (κ3) is 2.27. The Morgan fingerprint density at radius 3 is 2.81 bits per heavy atom. The highest BCUT2D eigenvalue weighted by atomic mass is 35.5. The Kier molecular flexibility index (Phi) is 3.29. The van der Waals surface area contributed by atoms with Crippen LogP contribution in [0.5, 0.6) is 0 Å². The van der Waals surface area contributed by atoms with E-state index in [1.807, 2.05) is 0 Å². The van der Waals surface area contributed by atoms with Gasteiger partial charge in [0.1, 0.15) is 5.69 Å². The van der Waals surface area contributed by atoms with Crippen molar-refractivity contribution in [3.05, 3.63) is 33.3 Å². The summed E-state index contributed by atoms with van der Waals surface area (Å²) in [6, 6.07) is 4.72. The number of para-hydroxylation sites is 1. The number of nitrogens with one attached hydrogen (secondary N) is 1. The highest BCUT2D eigenvalue weighted by Gasteiger charge is 2.20. The zero-order valence-electron chi connectivity index (χ0n) is 8.78. The van der Waals surface area contributed by atoms with E-state index in [9.17, 15) is 10.1 Å². The van der Waals surface area contributed by atoms with E-state index in [-0.39, 0.29) is 5.69 Å². The van der Waals surface area contributed by atoms with Gasteiger partial charge in [0.05, 0.1) is 9.95 Å².